The van der Waals surface area contributed by atoms with E-state index in [0.29, 0.717) is 11.3 Å². The summed E-state index contributed by atoms with van der Waals surface area (Å²) >= 11 is 0. The fraction of sp³-hybridized carbons (Fsp3) is 0.200. The van der Waals surface area contributed by atoms with Gasteiger partial charge in [0.15, 0.2) is 0 Å². The third-order valence-electron chi connectivity index (χ3n) is 5.71. The van der Waals surface area contributed by atoms with E-state index in [2.05, 4.69) is 5.32 Å². The number of carbonyl (C=O) groups excluding carboxylic acids is 3. The van der Waals surface area contributed by atoms with Crippen LogP contribution in [-0.4, -0.2) is 35.8 Å². The number of nitriles is 1. The number of imide groups is 1. The topological polar surface area (TPSA) is 93.5 Å². The van der Waals surface area contributed by atoms with Gasteiger partial charge in [0.25, 0.3) is 5.91 Å². The van der Waals surface area contributed by atoms with Crippen molar-refractivity contribution in [2.45, 2.75) is 18.9 Å². The lowest BCUT2D eigenvalue weighted by molar-refractivity contribution is -0.134. The molecular weight excluding hydrogens is 404 g/mol. The van der Waals surface area contributed by atoms with E-state index in [0.717, 1.165) is 15.7 Å². The molecule has 1 saturated heterocycles. The van der Waals surface area contributed by atoms with Crippen molar-refractivity contribution in [1.29, 1.82) is 5.26 Å². The second-order valence-corrected chi connectivity index (χ2v) is 7.76. The number of hydrogen-bond acceptors (Lipinski definition) is 4. The fourth-order valence-corrected chi connectivity index (χ4v) is 4.07. The highest BCUT2D eigenvalue weighted by molar-refractivity contribution is 6.12. The van der Waals surface area contributed by atoms with Crippen LogP contribution in [0.1, 0.15) is 18.9 Å². The summed E-state index contributed by atoms with van der Waals surface area (Å²) in [4.78, 5) is 41.7. The summed E-state index contributed by atoms with van der Waals surface area (Å²) in [7, 11) is 0. The van der Waals surface area contributed by atoms with E-state index in [-0.39, 0.29) is 13.0 Å². The molecule has 0 saturated carbocycles. The van der Waals surface area contributed by atoms with E-state index in [4.69, 9.17) is 5.26 Å². The van der Waals surface area contributed by atoms with Gasteiger partial charge in [-0.15, -0.1) is 0 Å². The molecule has 0 aliphatic carbocycles. The number of nitrogens with one attached hydrogen (secondary N) is 1. The van der Waals surface area contributed by atoms with Crippen LogP contribution in [0.4, 0.5) is 10.5 Å². The highest BCUT2D eigenvalue weighted by Gasteiger charge is 2.50. The van der Waals surface area contributed by atoms with E-state index in [1.807, 2.05) is 54.6 Å². The molecule has 0 bridgehead atoms. The first-order valence-electron chi connectivity index (χ1n) is 10.3. The number of hydrogen-bond donors (Lipinski definition) is 1. The molecule has 3 aromatic rings. The van der Waals surface area contributed by atoms with Crippen molar-refractivity contribution in [3.05, 3.63) is 78.4 Å². The number of anilines is 1. The van der Waals surface area contributed by atoms with Gasteiger partial charge in [0.05, 0.1) is 12.5 Å². The van der Waals surface area contributed by atoms with Gasteiger partial charge in [0.1, 0.15) is 12.1 Å². The Morgan fingerprint density at radius 3 is 2.47 bits per heavy atom. The van der Waals surface area contributed by atoms with E-state index < -0.39 is 29.9 Å². The highest BCUT2D eigenvalue weighted by Crippen LogP contribution is 2.34. The Bertz CT molecular complexity index is 1230. The van der Waals surface area contributed by atoms with Gasteiger partial charge in [0, 0.05) is 12.2 Å². The summed E-state index contributed by atoms with van der Waals surface area (Å²) in [5.41, 5.74) is -0.00690. The van der Waals surface area contributed by atoms with E-state index >= 15 is 0 Å². The van der Waals surface area contributed by atoms with Gasteiger partial charge in [-0.05, 0) is 35.4 Å². The zero-order chi connectivity index (χ0) is 22.7. The molecule has 0 radical (unpaired) electrons. The van der Waals surface area contributed by atoms with E-state index in [1.165, 1.54) is 4.90 Å². The molecule has 0 spiro atoms. The minimum Gasteiger partial charge on any atom is -0.319 e. The normalized spacial score (nSPS) is 17.8. The van der Waals surface area contributed by atoms with Gasteiger partial charge in [-0.1, -0.05) is 60.7 Å². The summed E-state index contributed by atoms with van der Waals surface area (Å²) in [5.74, 6) is -0.919. The van der Waals surface area contributed by atoms with Crippen molar-refractivity contribution in [3.8, 4) is 6.07 Å². The lowest BCUT2D eigenvalue weighted by Crippen LogP contribution is -2.45. The Balaban J connectivity index is 1.62. The summed E-state index contributed by atoms with van der Waals surface area (Å²) in [5, 5.41) is 13.6. The van der Waals surface area contributed by atoms with Gasteiger partial charge >= 0.3 is 6.03 Å². The van der Waals surface area contributed by atoms with Crippen molar-refractivity contribution in [3.63, 3.8) is 0 Å². The van der Waals surface area contributed by atoms with Crippen LogP contribution in [0.3, 0.4) is 0 Å². The van der Waals surface area contributed by atoms with Gasteiger partial charge in [-0.3, -0.25) is 14.5 Å². The molecule has 4 amide bonds. The average molecular weight is 426 g/mol. The number of rotatable bonds is 6. The predicted molar refractivity (Wildman–Crippen MR) is 121 cm³/mol. The molecule has 1 fully saturated rings. The average Bonchev–Trinajstić information content (AvgIpc) is 3.03. The summed E-state index contributed by atoms with van der Waals surface area (Å²) in [6.45, 7) is 1.42. The summed E-state index contributed by atoms with van der Waals surface area (Å²) in [6, 6.07) is 23.5. The molecule has 7 heteroatoms. The number of fused-ring (bicyclic) bond motifs is 1. The van der Waals surface area contributed by atoms with Crippen LogP contribution in [0.5, 0.6) is 0 Å². The van der Waals surface area contributed by atoms with Crippen molar-refractivity contribution in [2.24, 2.45) is 0 Å². The first-order valence-corrected chi connectivity index (χ1v) is 10.3. The van der Waals surface area contributed by atoms with Crippen LogP contribution in [0.15, 0.2) is 72.8 Å². The van der Waals surface area contributed by atoms with E-state index in [9.17, 15) is 14.4 Å². The van der Waals surface area contributed by atoms with Crippen LogP contribution >= 0.6 is 0 Å². The second kappa shape index (κ2) is 8.52. The maximum absolute atomic E-state index is 13.4. The minimum atomic E-state index is -1.29. The fourth-order valence-electron chi connectivity index (χ4n) is 4.07. The molecule has 1 heterocycles. The molecule has 1 aliphatic heterocycles. The minimum absolute atomic E-state index is 0.133. The molecule has 0 aromatic heterocycles. The Hall–Kier alpha value is -4.18. The number of carbonyl (C=O) groups is 3. The van der Waals surface area contributed by atoms with Crippen molar-refractivity contribution >= 4 is 34.3 Å². The standard InChI is InChI=1S/C25H22N4O3/c1-25(21-14-7-10-18-9-5-6-13-20(18)21)23(31)29(24(32)27-25)17-22(30)28(16-8-15-26)19-11-3-2-4-12-19/h2-7,9-14H,8,16-17H2,1H3,(H,27,32). The summed E-state index contributed by atoms with van der Waals surface area (Å²) in [6.07, 6.45) is 0.133. The molecule has 7 nitrogen and oxygen atoms in total. The van der Waals surface area contributed by atoms with Gasteiger partial charge in [-0.2, -0.15) is 5.26 Å². The molecule has 160 valence electrons. The van der Waals surface area contributed by atoms with Crippen molar-refractivity contribution in [2.75, 3.05) is 18.0 Å². The lowest BCUT2D eigenvalue weighted by atomic mass is 9.88. The van der Waals surface area contributed by atoms with Gasteiger partial charge in [-0.25, -0.2) is 4.79 Å². The molecular formula is C25H22N4O3. The number of nitrogens with zero attached hydrogens (tertiary/aromatic N) is 3. The predicted octanol–water partition coefficient (Wildman–Crippen LogP) is 3.55. The Labute approximate surface area is 185 Å². The zero-order valence-electron chi connectivity index (χ0n) is 17.6. The van der Waals surface area contributed by atoms with Crippen molar-refractivity contribution < 1.29 is 14.4 Å². The molecule has 1 unspecified atom stereocenters. The zero-order valence-corrected chi connectivity index (χ0v) is 17.6. The SMILES string of the molecule is CC1(c2cccc3ccccc23)NC(=O)N(CC(=O)N(CCC#N)c2ccccc2)C1=O. The van der Waals surface area contributed by atoms with Crippen LogP contribution in [0.25, 0.3) is 10.8 Å². The first kappa shape index (κ1) is 21.1. The Morgan fingerprint density at radius 1 is 1.03 bits per heavy atom. The molecule has 3 aromatic carbocycles. The molecule has 1 atom stereocenters. The largest absolute Gasteiger partial charge is 0.325 e. The Kier molecular flexibility index (Phi) is 5.61. The lowest BCUT2D eigenvalue weighted by Gasteiger charge is -2.25. The quantitative estimate of drug-likeness (QED) is 0.610. The molecule has 4 rings (SSSR count). The maximum Gasteiger partial charge on any atom is 0.325 e. The van der Waals surface area contributed by atoms with Crippen LogP contribution in [0, 0.1) is 11.3 Å². The number of para-hydroxylation sites is 1. The molecule has 1 N–H and O–H groups in total. The van der Waals surface area contributed by atoms with Crippen molar-refractivity contribution in [1.82, 2.24) is 10.2 Å². The smallest absolute Gasteiger partial charge is 0.319 e. The molecule has 1 aliphatic rings. The van der Waals surface area contributed by atoms with Crippen LogP contribution in [-0.2, 0) is 15.1 Å². The third kappa shape index (κ3) is 3.67. The molecule has 32 heavy (non-hydrogen) atoms. The monoisotopic (exact) mass is 426 g/mol. The Morgan fingerprint density at radius 2 is 1.72 bits per heavy atom. The number of urea groups is 1. The number of amides is 4. The second-order valence-electron chi connectivity index (χ2n) is 7.76. The maximum atomic E-state index is 13.4. The van der Waals surface area contributed by atoms with Gasteiger partial charge in [0.2, 0.25) is 5.91 Å². The third-order valence-corrected chi connectivity index (χ3v) is 5.71. The van der Waals surface area contributed by atoms with Crippen LogP contribution in [0.2, 0.25) is 0 Å². The first-order chi connectivity index (χ1) is 15.5. The summed E-state index contributed by atoms with van der Waals surface area (Å²) < 4.78 is 0. The van der Waals surface area contributed by atoms with E-state index in [1.54, 1.807) is 31.2 Å². The van der Waals surface area contributed by atoms with Gasteiger partial charge < -0.3 is 10.2 Å². The van der Waals surface area contributed by atoms with Crippen LogP contribution < -0.4 is 10.2 Å². The number of benzene rings is 3. The highest BCUT2D eigenvalue weighted by atomic mass is 16.2.